The van der Waals surface area contributed by atoms with Crippen molar-refractivity contribution in [3.8, 4) is 0 Å². The minimum absolute atomic E-state index is 0.257. The first-order valence-corrected chi connectivity index (χ1v) is 9.47. The fourth-order valence-electron chi connectivity index (χ4n) is 3.78. The van der Waals surface area contributed by atoms with Crippen LogP contribution < -0.4 is 4.90 Å². The summed E-state index contributed by atoms with van der Waals surface area (Å²) in [6, 6.07) is 4.97. The second-order valence-electron chi connectivity index (χ2n) is 7.00. The summed E-state index contributed by atoms with van der Waals surface area (Å²) < 4.78 is 29.6. The van der Waals surface area contributed by atoms with Crippen LogP contribution in [0.25, 0.3) is 11.7 Å². The Bertz CT molecular complexity index is 1110. The number of carbonyl (C=O) groups is 1. The smallest absolute Gasteiger partial charge is 0.331 e. The van der Waals surface area contributed by atoms with Gasteiger partial charge < -0.3 is 10.0 Å². The number of carboxylic acid groups (broad SMARTS) is 1. The van der Waals surface area contributed by atoms with E-state index in [4.69, 9.17) is 0 Å². The molecule has 1 aliphatic rings. The van der Waals surface area contributed by atoms with Gasteiger partial charge in [0.15, 0.2) is 5.65 Å². The molecule has 6 nitrogen and oxygen atoms in total. The molecule has 0 bridgehead atoms. The van der Waals surface area contributed by atoms with Crippen LogP contribution in [-0.2, 0) is 4.79 Å². The summed E-state index contributed by atoms with van der Waals surface area (Å²) in [5.74, 6) is -1.27. The number of carboxylic acids is 1. The number of hydrogen-bond donors (Lipinski definition) is 1. The summed E-state index contributed by atoms with van der Waals surface area (Å²) in [5.41, 5.74) is 1.68. The van der Waals surface area contributed by atoms with Crippen LogP contribution in [0.2, 0.25) is 0 Å². The number of rotatable bonds is 5. The van der Waals surface area contributed by atoms with Crippen molar-refractivity contribution < 1.29 is 18.7 Å². The van der Waals surface area contributed by atoms with E-state index in [0.717, 1.165) is 18.6 Å². The van der Waals surface area contributed by atoms with Gasteiger partial charge in [-0.1, -0.05) is 6.92 Å². The number of anilines is 1. The highest BCUT2D eigenvalue weighted by atomic mass is 19.1. The maximum atomic E-state index is 14.3. The number of hydrogen-bond acceptors (Lipinski definition) is 4. The lowest BCUT2D eigenvalue weighted by molar-refractivity contribution is -0.132. The second kappa shape index (κ2) is 7.62. The highest BCUT2D eigenvalue weighted by Gasteiger charge is 2.30. The lowest BCUT2D eigenvalue weighted by atomic mass is 10.0. The van der Waals surface area contributed by atoms with Gasteiger partial charge in [0.2, 0.25) is 0 Å². The molecule has 8 heteroatoms. The van der Waals surface area contributed by atoms with E-state index in [9.17, 15) is 18.7 Å². The number of fused-ring (bicyclic) bond motifs is 1. The second-order valence-corrected chi connectivity index (χ2v) is 7.00. The molecule has 0 amide bonds. The van der Waals surface area contributed by atoms with Crippen molar-refractivity contribution in [1.82, 2.24) is 14.6 Å². The van der Waals surface area contributed by atoms with Crippen LogP contribution in [0.5, 0.6) is 0 Å². The average molecular weight is 398 g/mol. The number of nitrogens with zero attached hydrogens (tertiary/aromatic N) is 4. The van der Waals surface area contributed by atoms with Crippen molar-refractivity contribution in [3.63, 3.8) is 0 Å². The van der Waals surface area contributed by atoms with Crippen molar-refractivity contribution in [2.24, 2.45) is 0 Å². The summed E-state index contributed by atoms with van der Waals surface area (Å²) >= 11 is 0. The number of aliphatic carboxylic acids is 1. The van der Waals surface area contributed by atoms with Gasteiger partial charge in [0.05, 0.1) is 12.2 Å². The fourth-order valence-corrected chi connectivity index (χ4v) is 3.78. The molecule has 1 aromatic carbocycles. The molecule has 3 aromatic rings. The molecule has 1 saturated heterocycles. The fraction of sp³-hybridized carbons (Fsp3) is 0.286. The van der Waals surface area contributed by atoms with Crippen molar-refractivity contribution in [3.05, 3.63) is 65.0 Å². The predicted molar refractivity (Wildman–Crippen MR) is 105 cm³/mol. The Hall–Kier alpha value is -3.29. The molecular weight excluding hydrogens is 378 g/mol. The summed E-state index contributed by atoms with van der Waals surface area (Å²) in [6.45, 7) is 2.44. The van der Waals surface area contributed by atoms with Gasteiger partial charge >= 0.3 is 5.97 Å². The molecule has 1 aliphatic heterocycles. The Morgan fingerprint density at radius 3 is 2.93 bits per heavy atom. The van der Waals surface area contributed by atoms with Gasteiger partial charge in [-0.15, -0.1) is 0 Å². The lowest BCUT2D eigenvalue weighted by Crippen LogP contribution is -2.24. The third-order valence-electron chi connectivity index (χ3n) is 5.23. The molecule has 0 saturated carbocycles. The minimum Gasteiger partial charge on any atom is -0.478 e. The maximum absolute atomic E-state index is 14.3. The van der Waals surface area contributed by atoms with Gasteiger partial charge in [-0.3, -0.25) is 0 Å². The molecule has 0 radical (unpaired) electrons. The first-order chi connectivity index (χ1) is 14.0. The lowest BCUT2D eigenvalue weighted by Gasteiger charge is -2.26. The third kappa shape index (κ3) is 3.57. The first kappa shape index (κ1) is 19.0. The van der Waals surface area contributed by atoms with Crippen molar-refractivity contribution in [2.75, 3.05) is 11.4 Å². The number of halogens is 2. The van der Waals surface area contributed by atoms with Gasteiger partial charge in [-0.2, -0.15) is 5.10 Å². The predicted octanol–water partition coefficient (Wildman–Crippen LogP) is 4.23. The van der Waals surface area contributed by atoms with Crippen LogP contribution in [0, 0.1) is 11.6 Å². The molecule has 0 aliphatic carbocycles. The van der Waals surface area contributed by atoms with E-state index in [1.54, 1.807) is 36.0 Å². The van der Waals surface area contributed by atoms with Crippen LogP contribution in [0.1, 0.15) is 43.4 Å². The van der Waals surface area contributed by atoms with E-state index in [-0.39, 0.29) is 11.6 Å². The van der Waals surface area contributed by atoms with E-state index < -0.39 is 17.6 Å². The molecule has 29 heavy (non-hydrogen) atoms. The standard InChI is InChI=1S/C21H20F2N4O2/c1-2-13(21(28)29)10-14-12-24-27-9-7-19(25-20(14)27)26-8-3-4-18(26)16-11-15(22)5-6-17(16)23/h5-7,9-12,18H,2-4,8H2,1H3,(H,28,29)/b13-10+. The summed E-state index contributed by atoms with van der Waals surface area (Å²) in [7, 11) is 0. The van der Waals surface area contributed by atoms with Crippen LogP contribution in [-0.4, -0.2) is 32.2 Å². The highest BCUT2D eigenvalue weighted by molar-refractivity contribution is 5.93. The van der Waals surface area contributed by atoms with Gasteiger partial charge in [0.25, 0.3) is 0 Å². The Balaban J connectivity index is 1.75. The zero-order valence-corrected chi connectivity index (χ0v) is 15.8. The largest absolute Gasteiger partial charge is 0.478 e. The molecular formula is C21H20F2N4O2. The first-order valence-electron chi connectivity index (χ1n) is 9.47. The highest BCUT2D eigenvalue weighted by Crippen LogP contribution is 2.37. The zero-order valence-electron chi connectivity index (χ0n) is 15.8. The molecule has 0 spiro atoms. The van der Waals surface area contributed by atoms with Crippen LogP contribution >= 0.6 is 0 Å². The quantitative estimate of drug-likeness (QED) is 0.652. The SMILES string of the molecule is CC/C(=C\c1cnn2ccc(N3CCCC3c3cc(F)ccc3F)nc12)C(=O)O. The molecule has 1 atom stereocenters. The number of benzene rings is 1. The van der Waals surface area contributed by atoms with E-state index in [0.29, 0.717) is 42.0 Å². The monoisotopic (exact) mass is 398 g/mol. The van der Waals surface area contributed by atoms with Crippen LogP contribution in [0.4, 0.5) is 14.6 Å². The van der Waals surface area contributed by atoms with E-state index in [2.05, 4.69) is 10.1 Å². The topological polar surface area (TPSA) is 70.7 Å². The minimum atomic E-state index is -0.982. The molecule has 3 heterocycles. The van der Waals surface area contributed by atoms with E-state index >= 15 is 0 Å². The Labute approximate surface area is 166 Å². The van der Waals surface area contributed by atoms with Gasteiger partial charge in [-0.25, -0.2) is 23.1 Å². The normalized spacial score (nSPS) is 17.3. The molecule has 1 fully saturated rings. The van der Waals surface area contributed by atoms with Gasteiger partial charge in [-0.05, 0) is 49.6 Å². The Morgan fingerprint density at radius 2 is 2.17 bits per heavy atom. The number of aromatic nitrogens is 3. The maximum Gasteiger partial charge on any atom is 0.331 e. The van der Waals surface area contributed by atoms with E-state index in [1.165, 1.54) is 6.07 Å². The summed E-state index contributed by atoms with van der Waals surface area (Å²) in [6.07, 6.45) is 6.77. The molecule has 1 unspecified atom stereocenters. The molecule has 4 rings (SSSR count). The van der Waals surface area contributed by atoms with Crippen LogP contribution in [0.15, 0.2) is 42.2 Å². The Kier molecular flexibility index (Phi) is 5.00. The van der Waals surface area contributed by atoms with Crippen LogP contribution in [0.3, 0.4) is 0 Å². The Morgan fingerprint density at radius 1 is 1.34 bits per heavy atom. The summed E-state index contributed by atoms with van der Waals surface area (Å²) in [5, 5.41) is 13.5. The summed E-state index contributed by atoms with van der Waals surface area (Å²) in [4.78, 5) is 18.0. The third-order valence-corrected chi connectivity index (χ3v) is 5.23. The molecule has 150 valence electrons. The molecule has 2 aromatic heterocycles. The van der Waals surface area contributed by atoms with Crippen molar-refractivity contribution in [1.29, 1.82) is 0 Å². The van der Waals surface area contributed by atoms with E-state index in [1.807, 2.05) is 4.90 Å². The van der Waals surface area contributed by atoms with Crippen molar-refractivity contribution in [2.45, 2.75) is 32.2 Å². The zero-order chi connectivity index (χ0) is 20.5. The van der Waals surface area contributed by atoms with Gasteiger partial charge in [0, 0.05) is 29.4 Å². The van der Waals surface area contributed by atoms with Crippen molar-refractivity contribution >= 4 is 23.5 Å². The molecule has 1 N–H and O–H groups in total. The average Bonchev–Trinajstić information content (AvgIpc) is 3.34. The van der Waals surface area contributed by atoms with Gasteiger partial charge in [0.1, 0.15) is 17.5 Å².